The number of anilines is 2. The first kappa shape index (κ1) is 15.6. The number of nitrogen functional groups attached to an aromatic ring is 1. The molecule has 1 saturated heterocycles. The van der Waals surface area contributed by atoms with Crippen LogP contribution < -0.4 is 10.6 Å². The minimum absolute atomic E-state index is 0.0684. The van der Waals surface area contributed by atoms with Crippen LogP contribution in [0.15, 0.2) is 18.3 Å². The molecule has 7 nitrogen and oxygen atoms in total. The third kappa shape index (κ3) is 2.83. The molecule has 1 aliphatic carbocycles. The summed E-state index contributed by atoms with van der Waals surface area (Å²) in [5, 5.41) is 0. The monoisotopic (exact) mass is 318 g/mol. The Labute approximate surface area is 135 Å². The molecular weight excluding hydrogens is 296 g/mol. The van der Waals surface area contributed by atoms with Crippen LogP contribution in [-0.4, -0.2) is 46.1 Å². The van der Waals surface area contributed by atoms with Crippen LogP contribution in [0.3, 0.4) is 0 Å². The summed E-state index contributed by atoms with van der Waals surface area (Å²) in [6.45, 7) is 6.34. The summed E-state index contributed by atoms with van der Waals surface area (Å²) in [5.41, 5.74) is 4.98. The van der Waals surface area contributed by atoms with Gasteiger partial charge in [-0.05, 0) is 45.7 Å². The lowest BCUT2D eigenvalue weighted by molar-refractivity contribution is -0.127. The van der Waals surface area contributed by atoms with Crippen LogP contribution in [-0.2, 0) is 9.53 Å². The molecule has 1 aromatic heterocycles. The fourth-order valence-corrected chi connectivity index (χ4v) is 2.87. The Morgan fingerprint density at radius 1 is 1.30 bits per heavy atom. The van der Waals surface area contributed by atoms with Crippen molar-refractivity contribution < 1.29 is 14.3 Å². The van der Waals surface area contributed by atoms with E-state index >= 15 is 0 Å². The molecule has 1 aliphatic heterocycles. The summed E-state index contributed by atoms with van der Waals surface area (Å²) in [6.07, 6.45) is 2.51. The highest BCUT2D eigenvalue weighted by molar-refractivity contribution is 6.05. The minimum atomic E-state index is -0.748. The van der Waals surface area contributed by atoms with Gasteiger partial charge in [-0.2, -0.15) is 0 Å². The number of hydrogen-bond donors (Lipinski definition) is 1. The highest BCUT2D eigenvalue weighted by atomic mass is 16.6. The fourth-order valence-electron chi connectivity index (χ4n) is 2.87. The molecule has 1 spiro atoms. The molecule has 1 aromatic rings. The molecule has 0 unspecified atom stereocenters. The van der Waals surface area contributed by atoms with E-state index < -0.39 is 17.2 Å². The Hall–Kier alpha value is -2.31. The summed E-state index contributed by atoms with van der Waals surface area (Å²) >= 11 is 0. The molecule has 2 amide bonds. The topological polar surface area (TPSA) is 88.8 Å². The number of piperazine rings is 1. The zero-order valence-corrected chi connectivity index (χ0v) is 13.7. The van der Waals surface area contributed by atoms with E-state index in [9.17, 15) is 9.59 Å². The number of hydrogen-bond acceptors (Lipinski definition) is 5. The number of carbonyl (C=O) groups excluding carboxylic acids is 2. The molecule has 2 aliphatic rings. The highest BCUT2D eigenvalue weighted by Gasteiger charge is 2.61. The van der Waals surface area contributed by atoms with Gasteiger partial charge in [0.25, 0.3) is 5.91 Å². The van der Waals surface area contributed by atoms with Crippen LogP contribution in [0.4, 0.5) is 16.3 Å². The number of carbonyl (C=O) groups is 2. The van der Waals surface area contributed by atoms with E-state index in [1.54, 1.807) is 28.1 Å². The molecule has 2 heterocycles. The summed E-state index contributed by atoms with van der Waals surface area (Å²) < 4.78 is 5.45. The maximum atomic E-state index is 12.9. The lowest BCUT2D eigenvalue weighted by Gasteiger charge is -2.41. The molecule has 3 rings (SSSR count). The predicted octanol–water partition coefficient (Wildman–Crippen LogP) is 1.78. The number of nitrogens with zero attached hydrogens (tertiary/aromatic N) is 3. The second kappa shape index (κ2) is 5.11. The Kier molecular flexibility index (Phi) is 3.46. The van der Waals surface area contributed by atoms with E-state index in [0.29, 0.717) is 37.4 Å². The van der Waals surface area contributed by atoms with Gasteiger partial charge in [-0.1, -0.05) is 0 Å². The highest BCUT2D eigenvalue weighted by Crippen LogP contribution is 2.46. The fraction of sp³-hybridized carbons (Fsp3) is 0.562. The minimum Gasteiger partial charge on any atom is -0.444 e. The molecule has 124 valence electrons. The first-order valence-corrected chi connectivity index (χ1v) is 7.77. The summed E-state index contributed by atoms with van der Waals surface area (Å²) in [7, 11) is 0. The van der Waals surface area contributed by atoms with Gasteiger partial charge in [0.2, 0.25) is 0 Å². The van der Waals surface area contributed by atoms with Crippen molar-refractivity contribution in [2.24, 2.45) is 0 Å². The molecular formula is C16H22N4O3. The summed E-state index contributed by atoms with van der Waals surface area (Å²) in [5.74, 6) is 0.343. The van der Waals surface area contributed by atoms with Gasteiger partial charge in [-0.25, -0.2) is 9.78 Å². The standard InChI is InChI=1S/C16H22N4O3/c1-15(2,3)23-14(22)20-9-8-19(13(21)16(20)6-7-16)11-4-5-12(17)18-10-11/h4-5,10H,6-9H2,1-3H3,(H2,17,18). The Bertz CT molecular complexity index is 632. The number of aromatic nitrogens is 1. The van der Waals surface area contributed by atoms with Crippen LogP contribution >= 0.6 is 0 Å². The van der Waals surface area contributed by atoms with Gasteiger partial charge in [-0.15, -0.1) is 0 Å². The molecule has 1 saturated carbocycles. The van der Waals surface area contributed by atoms with E-state index in [-0.39, 0.29) is 5.91 Å². The van der Waals surface area contributed by atoms with Gasteiger partial charge >= 0.3 is 6.09 Å². The van der Waals surface area contributed by atoms with Crippen molar-refractivity contribution in [2.45, 2.75) is 44.8 Å². The van der Waals surface area contributed by atoms with Crippen LogP contribution in [0.1, 0.15) is 33.6 Å². The Morgan fingerprint density at radius 2 is 2.00 bits per heavy atom. The third-order valence-corrected chi connectivity index (χ3v) is 4.13. The lowest BCUT2D eigenvalue weighted by atomic mass is 10.1. The maximum Gasteiger partial charge on any atom is 0.411 e. The zero-order chi connectivity index (χ0) is 16.8. The Morgan fingerprint density at radius 3 is 2.52 bits per heavy atom. The van der Waals surface area contributed by atoms with Crippen molar-refractivity contribution in [3.63, 3.8) is 0 Å². The van der Waals surface area contributed by atoms with Gasteiger partial charge in [0.15, 0.2) is 0 Å². The maximum absolute atomic E-state index is 12.9. The first-order chi connectivity index (χ1) is 10.7. The molecule has 23 heavy (non-hydrogen) atoms. The SMILES string of the molecule is CC(C)(C)OC(=O)N1CCN(c2ccc(N)nc2)C(=O)C12CC2. The van der Waals surface area contributed by atoms with Crippen molar-refractivity contribution in [1.82, 2.24) is 9.88 Å². The third-order valence-electron chi connectivity index (χ3n) is 4.13. The lowest BCUT2D eigenvalue weighted by Crippen LogP contribution is -2.61. The summed E-state index contributed by atoms with van der Waals surface area (Å²) in [6, 6.07) is 3.45. The summed E-state index contributed by atoms with van der Waals surface area (Å²) in [4.78, 5) is 32.6. The van der Waals surface area contributed by atoms with E-state index in [4.69, 9.17) is 10.5 Å². The van der Waals surface area contributed by atoms with Gasteiger partial charge in [0, 0.05) is 13.1 Å². The molecule has 0 aromatic carbocycles. The smallest absolute Gasteiger partial charge is 0.411 e. The first-order valence-electron chi connectivity index (χ1n) is 7.77. The number of ether oxygens (including phenoxy) is 1. The van der Waals surface area contributed by atoms with E-state index in [2.05, 4.69) is 4.98 Å². The predicted molar refractivity (Wildman–Crippen MR) is 85.9 cm³/mol. The van der Waals surface area contributed by atoms with Crippen molar-refractivity contribution in [2.75, 3.05) is 23.7 Å². The zero-order valence-electron chi connectivity index (χ0n) is 13.7. The van der Waals surface area contributed by atoms with E-state index in [1.807, 2.05) is 20.8 Å². The average Bonchev–Trinajstić information content (AvgIpc) is 3.22. The molecule has 0 atom stereocenters. The Balaban J connectivity index is 1.80. The largest absolute Gasteiger partial charge is 0.444 e. The van der Waals surface area contributed by atoms with Gasteiger partial charge in [0.1, 0.15) is 17.0 Å². The van der Waals surface area contributed by atoms with Gasteiger partial charge < -0.3 is 15.4 Å². The van der Waals surface area contributed by atoms with E-state index in [1.165, 1.54) is 0 Å². The van der Waals surface area contributed by atoms with Gasteiger partial charge in [-0.3, -0.25) is 9.69 Å². The normalized spacial score (nSPS) is 19.9. The number of rotatable bonds is 1. The number of amides is 2. The second-order valence-electron chi connectivity index (χ2n) is 7.06. The molecule has 0 radical (unpaired) electrons. The van der Waals surface area contributed by atoms with Crippen LogP contribution in [0.2, 0.25) is 0 Å². The number of nitrogens with two attached hydrogens (primary N) is 1. The van der Waals surface area contributed by atoms with Crippen LogP contribution in [0, 0.1) is 0 Å². The second-order valence-corrected chi connectivity index (χ2v) is 7.06. The molecule has 2 N–H and O–H groups in total. The molecule has 2 fully saturated rings. The van der Waals surface area contributed by atoms with Gasteiger partial charge in [0.05, 0.1) is 11.9 Å². The van der Waals surface area contributed by atoms with Crippen LogP contribution in [0.5, 0.6) is 0 Å². The molecule has 7 heteroatoms. The number of pyridine rings is 1. The van der Waals surface area contributed by atoms with Crippen molar-refractivity contribution >= 4 is 23.5 Å². The van der Waals surface area contributed by atoms with Crippen molar-refractivity contribution in [1.29, 1.82) is 0 Å². The van der Waals surface area contributed by atoms with Crippen molar-refractivity contribution in [3.8, 4) is 0 Å². The molecule has 0 bridgehead atoms. The quantitative estimate of drug-likeness (QED) is 0.852. The van der Waals surface area contributed by atoms with Crippen molar-refractivity contribution in [3.05, 3.63) is 18.3 Å². The average molecular weight is 318 g/mol. The van der Waals surface area contributed by atoms with E-state index in [0.717, 1.165) is 0 Å². The van der Waals surface area contributed by atoms with Crippen LogP contribution in [0.25, 0.3) is 0 Å².